The van der Waals surface area contributed by atoms with Crippen molar-refractivity contribution >= 4 is 46.2 Å². The summed E-state index contributed by atoms with van der Waals surface area (Å²) in [4.78, 5) is 12.0. The van der Waals surface area contributed by atoms with E-state index >= 15 is 0 Å². The Hall–Kier alpha value is 0.550. The van der Waals surface area contributed by atoms with Gasteiger partial charge < -0.3 is 0 Å². The molecule has 0 aliphatic heterocycles. The molecule has 0 atom stereocenters. The van der Waals surface area contributed by atoms with Crippen LogP contribution in [-0.2, 0) is 0 Å². The summed E-state index contributed by atoms with van der Waals surface area (Å²) in [6.45, 7) is 4.59. The number of unbranched alkanes of at least 4 members (excludes halogenated alkanes) is 26. The lowest BCUT2D eigenvalue weighted by Crippen LogP contribution is -1.85. The molecule has 0 aliphatic rings. The molecule has 0 aromatic carbocycles. The fourth-order valence-corrected chi connectivity index (χ4v) is 10.7. The topological polar surface area (TPSA) is 17.1 Å². The minimum Gasteiger partial charge on any atom is -0.265 e. The van der Waals surface area contributed by atoms with Gasteiger partial charge in [-0.15, -0.1) is 23.5 Å². The highest BCUT2D eigenvalue weighted by Crippen LogP contribution is 2.37. The number of rotatable bonds is 32. The zero-order valence-corrected chi connectivity index (χ0v) is 30.0. The van der Waals surface area contributed by atoms with Gasteiger partial charge in [0, 0.05) is 0 Å². The molecule has 236 valence electrons. The van der Waals surface area contributed by atoms with E-state index in [4.69, 9.17) is 0 Å². The van der Waals surface area contributed by atoms with Gasteiger partial charge in [0.2, 0.25) is 0 Å². The van der Waals surface area contributed by atoms with Crippen molar-refractivity contribution in [1.82, 2.24) is 0 Å². The van der Waals surface area contributed by atoms with Crippen molar-refractivity contribution in [3.8, 4) is 0 Å². The van der Waals surface area contributed by atoms with Gasteiger partial charge in [0.15, 0.2) is 0 Å². The van der Waals surface area contributed by atoms with Crippen LogP contribution in [0, 0.1) is 0 Å². The first-order valence-electron chi connectivity index (χ1n) is 17.7. The third kappa shape index (κ3) is 25.1. The van der Waals surface area contributed by atoms with Gasteiger partial charge in [0.05, 0.1) is 8.42 Å². The molecule has 0 unspecified atom stereocenters. The molecule has 1 heterocycles. The Morgan fingerprint density at radius 3 is 0.850 bits per heavy atom. The van der Waals surface area contributed by atoms with E-state index in [-0.39, 0.29) is 4.06 Å². The van der Waals surface area contributed by atoms with Crippen molar-refractivity contribution in [1.29, 1.82) is 0 Å². The Morgan fingerprint density at radius 1 is 0.375 bits per heavy atom. The molecule has 0 amide bonds. The number of thioether (sulfide) groups is 2. The minimum absolute atomic E-state index is 0.284. The summed E-state index contributed by atoms with van der Waals surface area (Å²) in [5, 5.41) is 0. The fraction of sp³-hybridized carbons (Fsp3) is 0.914. The summed E-state index contributed by atoms with van der Waals surface area (Å²) in [7, 11) is 0. The molecule has 0 aliphatic carbocycles. The lowest BCUT2D eigenvalue weighted by molar-refractivity contribution is 0.538. The monoisotopic (exact) mass is 630 g/mol. The van der Waals surface area contributed by atoms with Crippen LogP contribution in [0.25, 0.3) is 0 Å². The van der Waals surface area contributed by atoms with Crippen LogP contribution in [0.5, 0.6) is 0 Å². The van der Waals surface area contributed by atoms with Crippen molar-refractivity contribution in [2.24, 2.45) is 0 Å². The first-order valence-corrected chi connectivity index (χ1v) is 21.3. The molecule has 0 bridgehead atoms. The Bertz CT molecular complexity index is 629. The standard InChI is InChI=1S/C35H66OS4/c1-3-5-7-9-11-13-15-17-19-21-23-25-27-29-31-37-33-34(40-35(36)39-33)38-32-30-28-26-24-22-20-18-16-14-12-10-8-6-4-2/h3-32H2,1-2H3. The predicted molar refractivity (Wildman–Crippen MR) is 191 cm³/mol. The second-order valence-electron chi connectivity index (χ2n) is 11.9. The molecule has 1 aromatic rings. The van der Waals surface area contributed by atoms with E-state index in [1.807, 2.05) is 23.5 Å². The van der Waals surface area contributed by atoms with E-state index < -0.39 is 0 Å². The van der Waals surface area contributed by atoms with Gasteiger partial charge in [-0.3, -0.25) is 4.79 Å². The maximum absolute atomic E-state index is 12.0. The zero-order chi connectivity index (χ0) is 28.8. The molecule has 0 saturated heterocycles. The molecule has 0 spiro atoms. The Kier molecular flexibility index (Phi) is 29.9. The van der Waals surface area contributed by atoms with E-state index in [9.17, 15) is 4.79 Å². The van der Waals surface area contributed by atoms with Crippen LogP contribution in [0.15, 0.2) is 13.2 Å². The normalized spacial score (nSPS) is 11.6. The van der Waals surface area contributed by atoms with Crippen molar-refractivity contribution < 1.29 is 0 Å². The summed E-state index contributed by atoms with van der Waals surface area (Å²) in [5.74, 6) is 2.36. The predicted octanol–water partition coefficient (Wildman–Crippen LogP) is 14.3. The lowest BCUT2D eigenvalue weighted by atomic mass is 10.0. The maximum atomic E-state index is 12.0. The van der Waals surface area contributed by atoms with Gasteiger partial charge in [-0.1, -0.05) is 203 Å². The average molecular weight is 631 g/mol. The van der Waals surface area contributed by atoms with Crippen molar-refractivity contribution in [3.63, 3.8) is 0 Å². The molecule has 0 radical (unpaired) electrons. The van der Waals surface area contributed by atoms with Crippen LogP contribution in [0.3, 0.4) is 0 Å². The quantitative estimate of drug-likeness (QED) is 0.0582. The molecule has 0 saturated carbocycles. The van der Waals surface area contributed by atoms with E-state index in [0.717, 1.165) is 0 Å². The Labute approximate surface area is 267 Å². The van der Waals surface area contributed by atoms with Gasteiger partial charge in [-0.2, -0.15) is 0 Å². The fourth-order valence-electron chi connectivity index (χ4n) is 5.36. The van der Waals surface area contributed by atoms with Crippen LogP contribution < -0.4 is 4.06 Å². The first-order chi connectivity index (χ1) is 19.8. The van der Waals surface area contributed by atoms with Crippen molar-refractivity contribution in [2.45, 2.75) is 202 Å². The van der Waals surface area contributed by atoms with Crippen LogP contribution in [-0.4, -0.2) is 11.5 Å². The summed E-state index contributed by atoms with van der Waals surface area (Å²) < 4.78 is 2.90. The highest BCUT2D eigenvalue weighted by atomic mass is 32.2. The molecular formula is C35H66OS4. The first kappa shape index (κ1) is 38.6. The van der Waals surface area contributed by atoms with Gasteiger partial charge in [-0.05, 0) is 24.3 Å². The van der Waals surface area contributed by atoms with Gasteiger partial charge >= 0.3 is 0 Å². The highest BCUT2D eigenvalue weighted by Gasteiger charge is 2.10. The molecule has 1 aromatic heterocycles. The van der Waals surface area contributed by atoms with Gasteiger partial charge in [0.25, 0.3) is 4.06 Å². The van der Waals surface area contributed by atoms with E-state index in [1.54, 1.807) is 0 Å². The van der Waals surface area contributed by atoms with Crippen LogP contribution in [0.1, 0.15) is 194 Å². The second kappa shape index (κ2) is 31.0. The Morgan fingerprint density at radius 2 is 0.600 bits per heavy atom. The lowest BCUT2D eigenvalue weighted by Gasteiger charge is -2.05. The van der Waals surface area contributed by atoms with E-state index in [0.29, 0.717) is 0 Å². The molecule has 1 nitrogen and oxygen atoms in total. The van der Waals surface area contributed by atoms with Crippen LogP contribution in [0.2, 0.25) is 0 Å². The number of hydrogen-bond donors (Lipinski definition) is 0. The summed E-state index contributed by atoms with van der Waals surface area (Å²) >= 11 is 6.88. The second-order valence-corrected chi connectivity index (χ2v) is 16.9. The zero-order valence-electron chi connectivity index (χ0n) is 26.8. The average Bonchev–Trinajstić information content (AvgIpc) is 3.31. The van der Waals surface area contributed by atoms with Gasteiger partial charge in [0.1, 0.15) is 0 Å². The number of hydrogen-bond acceptors (Lipinski definition) is 5. The molecular weight excluding hydrogens is 565 g/mol. The van der Waals surface area contributed by atoms with Crippen LogP contribution in [0.4, 0.5) is 0 Å². The highest BCUT2D eigenvalue weighted by molar-refractivity contribution is 8.04. The molecule has 5 heteroatoms. The van der Waals surface area contributed by atoms with Crippen molar-refractivity contribution in [3.05, 3.63) is 8.85 Å². The largest absolute Gasteiger partial charge is 0.289 e. The van der Waals surface area contributed by atoms with E-state index in [2.05, 4.69) is 13.8 Å². The minimum atomic E-state index is 0.284. The van der Waals surface area contributed by atoms with Crippen molar-refractivity contribution in [2.75, 3.05) is 11.5 Å². The van der Waals surface area contributed by atoms with Gasteiger partial charge in [-0.25, -0.2) is 0 Å². The maximum Gasteiger partial charge on any atom is 0.289 e. The SMILES string of the molecule is CCCCCCCCCCCCCCCCSc1sc(=O)sc1SCCCCCCCCCCCCCCCC. The third-order valence-corrected chi connectivity index (χ3v) is 13.2. The molecule has 40 heavy (non-hydrogen) atoms. The smallest absolute Gasteiger partial charge is 0.265 e. The van der Waals surface area contributed by atoms with E-state index in [1.165, 1.54) is 222 Å². The molecule has 1 rings (SSSR count). The molecule has 0 N–H and O–H groups in total. The van der Waals surface area contributed by atoms with Crippen LogP contribution >= 0.6 is 46.2 Å². The summed E-state index contributed by atoms with van der Waals surface area (Å²) in [5.41, 5.74) is 0. The summed E-state index contributed by atoms with van der Waals surface area (Å²) in [6.07, 6.45) is 39.6. The summed E-state index contributed by atoms with van der Waals surface area (Å²) in [6, 6.07) is 0. The third-order valence-electron chi connectivity index (χ3n) is 7.98. The molecule has 0 fully saturated rings. The Balaban J connectivity index is 1.90.